The van der Waals surface area contributed by atoms with Crippen molar-refractivity contribution in [1.82, 2.24) is 0 Å². The minimum Gasteiger partial charge on any atom is -0.490 e. The fraction of sp³-hybridized carbons (Fsp3) is 0.571. The molecular weight excluding hydrogens is 244 g/mol. The quantitative estimate of drug-likeness (QED) is 0.512. The third kappa shape index (κ3) is 3.59. The van der Waals surface area contributed by atoms with Gasteiger partial charge in [0.2, 0.25) is 0 Å². The van der Waals surface area contributed by atoms with Crippen molar-refractivity contribution in [2.45, 2.75) is 45.1 Å². The zero-order chi connectivity index (χ0) is 13.8. The minimum absolute atomic E-state index is 0.0159. The number of hydrogen-bond acceptors (Lipinski definition) is 4. The number of nitrogens with two attached hydrogens (primary N) is 1. The maximum Gasteiger partial charge on any atom is 0.275 e. The molecule has 2 atom stereocenters. The van der Waals surface area contributed by atoms with Crippen LogP contribution in [0.3, 0.4) is 0 Å². The monoisotopic (exact) mass is 264 g/mol. The van der Waals surface area contributed by atoms with E-state index in [0.717, 1.165) is 25.7 Å². The number of nitro groups is 1. The summed E-state index contributed by atoms with van der Waals surface area (Å²) in [5.41, 5.74) is 6.02. The average molecular weight is 264 g/mol. The molecule has 0 aromatic heterocycles. The molecule has 0 saturated heterocycles. The average Bonchev–Trinajstić information content (AvgIpc) is 2.38. The highest BCUT2D eigenvalue weighted by Gasteiger charge is 2.22. The molecule has 104 valence electrons. The number of benzene rings is 1. The van der Waals surface area contributed by atoms with Gasteiger partial charge in [0.25, 0.3) is 5.69 Å². The van der Waals surface area contributed by atoms with Gasteiger partial charge in [-0.2, -0.15) is 0 Å². The fourth-order valence-corrected chi connectivity index (χ4v) is 2.69. The summed E-state index contributed by atoms with van der Waals surface area (Å²) in [6.07, 6.45) is 5.77. The van der Waals surface area contributed by atoms with Crippen molar-refractivity contribution < 1.29 is 9.66 Å². The number of anilines is 1. The van der Waals surface area contributed by atoms with Gasteiger partial charge in [-0.05, 0) is 25.2 Å². The minimum atomic E-state index is -0.445. The van der Waals surface area contributed by atoms with Gasteiger partial charge in [0.15, 0.2) is 0 Å². The van der Waals surface area contributed by atoms with Crippen LogP contribution in [0.15, 0.2) is 18.2 Å². The Morgan fingerprint density at radius 3 is 2.89 bits per heavy atom. The molecule has 0 bridgehead atoms. The summed E-state index contributed by atoms with van der Waals surface area (Å²) in [7, 11) is 0. The Morgan fingerprint density at radius 1 is 1.42 bits per heavy atom. The van der Waals surface area contributed by atoms with Crippen LogP contribution in [0.1, 0.15) is 39.0 Å². The molecule has 0 amide bonds. The number of hydrogen-bond donors (Lipinski definition) is 1. The van der Waals surface area contributed by atoms with Gasteiger partial charge < -0.3 is 10.5 Å². The Kier molecular flexibility index (Phi) is 4.24. The summed E-state index contributed by atoms with van der Waals surface area (Å²) in [6, 6.07) is 4.46. The van der Waals surface area contributed by atoms with Gasteiger partial charge in [-0.3, -0.25) is 10.1 Å². The van der Waals surface area contributed by atoms with Gasteiger partial charge in [0.1, 0.15) is 5.75 Å². The summed E-state index contributed by atoms with van der Waals surface area (Å²) >= 11 is 0. The van der Waals surface area contributed by atoms with E-state index in [0.29, 0.717) is 17.4 Å². The maximum absolute atomic E-state index is 10.8. The SMILES string of the molecule is CCC1CCCC(Oc2cc(N)cc([N+](=O)[O-])c2)C1. The standard InChI is InChI=1S/C14H20N2O3/c1-2-10-4-3-5-13(6-10)19-14-8-11(15)7-12(9-14)16(17)18/h7-10,13H,2-6,15H2,1H3. The van der Waals surface area contributed by atoms with Gasteiger partial charge in [-0.1, -0.05) is 19.8 Å². The lowest BCUT2D eigenvalue weighted by Crippen LogP contribution is -2.25. The molecule has 0 radical (unpaired) electrons. The number of nitrogens with zero attached hydrogens (tertiary/aromatic N) is 1. The highest BCUT2D eigenvalue weighted by Crippen LogP contribution is 2.31. The normalized spacial score (nSPS) is 23.0. The second-order valence-corrected chi connectivity index (χ2v) is 5.20. The molecule has 1 aromatic rings. The molecule has 1 saturated carbocycles. The summed E-state index contributed by atoms with van der Waals surface area (Å²) < 4.78 is 5.87. The van der Waals surface area contributed by atoms with E-state index in [2.05, 4.69) is 6.92 Å². The molecule has 1 aliphatic carbocycles. The largest absolute Gasteiger partial charge is 0.490 e. The van der Waals surface area contributed by atoms with Gasteiger partial charge in [-0.15, -0.1) is 0 Å². The van der Waals surface area contributed by atoms with Crippen LogP contribution in [-0.2, 0) is 0 Å². The van der Waals surface area contributed by atoms with E-state index in [9.17, 15) is 10.1 Å². The predicted molar refractivity (Wildman–Crippen MR) is 74.2 cm³/mol. The van der Waals surface area contributed by atoms with Crippen LogP contribution < -0.4 is 10.5 Å². The molecule has 2 rings (SSSR count). The van der Waals surface area contributed by atoms with E-state index in [-0.39, 0.29) is 11.8 Å². The first-order valence-electron chi connectivity index (χ1n) is 6.80. The molecule has 1 aliphatic rings. The van der Waals surface area contributed by atoms with E-state index >= 15 is 0 Å². The van der Waals surface area contributed by atoms with Gasteiger partial charge in [-0.25, -0.2) is 0 Å². The number of non-ortho nitro benzene ring substituents is 1. The molecule has 5 nitrogen and oxygen atoms in total. The molecule has 0 aliphatic heterocycles. The summed E-state index contributed by atoms with van der Waals surface area (Å²) in [4.78, 5) is 10.3. The maximum atomic E-state index is 10.8. The lowest BCUT2D eigenvalue weighted by Gasteiger charge is -2.28. The Morgan fingerprint density at radius 2 is 2.21 bits per heavy atom. The molecule has 2 N–H and O–H groups in total. The molecule has 19 heavy (non-hydrogen) atoms. The molecule has 0 heterocycles. The van der Waals surface area contributed by atoms with Crippen LogP contribution in [-0.4, -0.2) is 11.0 Å². The Labute approximate surface area is 112 Å². The Bertz CT molecular complexity index is 462. The molecular formula is C14H20N2O3. The third-order valence-corrected chi connectivity index (χ3v) is 3.74. The fourth-order valence-electron chi connectivity index (χ4n) is 2.69. The van der Waals surface area contributed by atoms with E-state index in [1.165, 1.54) is 18.6 Å². The van der Waals surface area contributed by atoms with E-state index in [1.807, 2.05) is 0 Å². The topological polar surface area (TPSA) is 78.4 Å². The summed E-state index contributed by atoms with van der Waals surface area (Å²) in [6.45, 7) is 2.19. The number of rotatable bonds is 4. The first-order chi connectivity index (χ1) is 9.08. The van der Waals surface area contributed by atoms with Crippen LogP contribution in [0.25, 0.3) is 0 Å². The molecule has 1 aromatic carbocycles. The van der Waals surface area contributed by atoms with Crippen molar-refractivity contribution in [3.8, 4) is 5.75 Å². The van der Waals surface area contributed by atoms with Crippen molar-refractivity contribution >= 4 is 11.4 Å². The molecule has 5 heteroatoms. The predicted octanol–water partition coefficient (Wildman–Crippen LogP) is 3.52. The zero-order valence-corrected chi connectivity index (χ0v) is 11.2. The molecule has 2 unspecified atom stereocenters. The van der Waals surface area contributed by atoms with E-state index in [1.54, 1.807) is 6.07 Å². The van der Waals surface area contributed by atoms with Gasteiger partial charge >= 0.3 is 0 Å². The van der Waals surface area contributed by atoms with Gasteiger partial charge in [0, 0.05) is 17.8 Å². The van der Waals surface area contributed by atoms with Crippen LogP contribution >= 0.6 is 0 Å². The molecule has 0 spiro atoms. The lowest BCUT2D eigenvalue weighted by atomic mass is 9.85. The number of nitrogen functional groups attached to an aromatic ring is 1. The van der Waals surface area contributed by atoms with Crippen molar-refractivity contribution in [1.29, 1.82) is 0 Å². The van der Waals surface area contributed by atoms with Crippen molar-refractivity contribution in [2.75, 3.05) is 5.73 Å². The van der Waals surface area contributed by atoms with Crippen molar-refractivity contribution in [3.63, 3.8) is 0 Å². The van der Waals surface area contributed by atoms with Crippen LogP contribution in [0, 0.1) is 16.0 Å². The number of nitro benzene ring substituents is 1. The third-order valence-electron chi connectivity index (χ3n) is 3.74. The van der Waals surface area contributed by atoms with Crippen molar-refractivity contribution in [2.24, 2.45) is 5.92 Å². The van der Waals surface area contributed by atoms with E-state index < -0.39 is 4.92 Å². The zero-order valence-electron chi connectivity index (χ0n) is 11.2. The summed E-state index contributed by atoms with van der Waals surface area (Å²) in [5, 5.41) is 10.8. The smallest absolute Gasteiger partial charge is 0.275 e. The molecule has 1 fully saturated rings. The second-order valence-electron chi connectivity index (χ2n) is 5.20. The highest BCUT2D eigenvalue weighted by atomic mass is 16.6. The first kappa shape index (κ1) is 13.6. The van der Waals surface area contributed by atoms with Crippen LogP contribution in [0.2, 0.25) is 0 Å². The Balaban J connectivity index is 2.08. The van der Waals surface area contributed by atoms with Crippen molar-refractivity contribution in [3.05, 3.63) is 28.3 Å². The summed E-state index contributed by atoms with van der Waals surface area (Å²) in [5.74, 6) is 1.21. The Hall–Kier alpha value is -1.78. The lowest BCUT2D eigenvalue weighted by molar-refractivity contribution is -0.384. The highest BCUT2D eigenvalue weighted by molar-refractivity contribution is 5.53. The van der Waals surface area contributed by atoms with Crippen LogP contribution in [0.5, 0.6) is 5.75 Å². The number of ether oxygens (including phenoxy) is 1. The van der Waals surface area contributed by atoms with Gasteiger partial charge in [0.05, 0.1) is 17.1 Å². The van der Waals surface area contributed by atoms with E-state index in [4.69, 9.17) is 10.5 Å². The van der Waals surface area contributed by atoms with Crippen LogP contribution in [0.4, 0.5) is 11.4 Å². The second kappa shape index (κ2) is 5.91. The first-order valence-corrected chi connectivity index (χ1v) is 6.80.